The van der Waals surface area contributed by atoms with Crippen LogP contribution in [0, 0.1) is 0 Å². The maximum atomic E-state index is 12.6. The van der Waals surface area contributed by atoms with Crippen LogP contribution in [0.5, 0.6) is 0 Å². The molecule has 1 aromatic heterocycles. The summed E-state index contributed by atoms with van der Waals surface area (Å²) in [4.78, 5) is 33.8. The first-order chi connectivity index (χ1) is 11.6. The first-order valence-corrected chi connectivity index (χ1v) is 8.41. The molecular weight excluding hydrogens is 320 g/mol. The fraction of sp³-hybridized carbons (Fsp3) is 0.500. The van der Waals surface area contributed by atoms with Crippen LogP contribution in [0.1, 0.15) is 56.7 Å². The number of hydrogen-bond donors (Lipinski definition) is 2. The Labute approximate surface area is 146 Å². The molecule has 0 saturated carbocycles. The zero-order valence-corrected chi connectivity index (χ0v) is 15.0. The molecule has 25 heavy (non-hydrogen) atoms. The van der Waals surface area contributed by atoms with Gasteiger partial charge in [-0.1, -0.05) is 6.07 Å². The van der Waals surface area contributed by atoms with E-state index in [9.17, 15) is 9.59 Å². The Hall–Kier alpha value is -2.57. The van der Waals surface area contributed by atoms with Gasteiger partial charge in [-0.15, -0.1) is 0 Å². The van der Waals surface area contributed by atoms with Gasteiger partial charge in [-0.05, 0) is 52.7 Å². The molecule has 0 aliphatic carbocycles. The van der Waals surface area contributed by atoms with Crippen LogP contribution < -0.4 is 5.73 Å². The van der Waals surface area contributed by atoms with Gasteiger partial charge in [-0.2, -0.15) is 0 Å². The monoisotopic (exact) mass is 344 g/mol. The number of amides is 2. The highest BCUT2D eigenvalue weighted by Crippen LogP contribution is 2.39. The summed E-state index contributed by atoms with van der Waals surface area (Å²) >= 11 is 0. The van der Waals surface area contributed by atoms with Crippen molar-refractivity contribution >= 4 is 23.0 Å². The molecule has 3 rings (SSSR count). The lowest BCUT2D eigenvalue weighted by Crippen LogP contribution is -2.46. The lowest BCUT2D eigenvalue weighted by atomic mass is 9.98. The molecule has 0 bridgehead atoms. The van der Waals surface area contributed by atoms with Gasteiger partial charge >= 0.3 is 6.09 Å². The van der Waals surface area contributed by atoms with Crippen molar-refractivity contribution in [3.05, 3.63) is 29.6 Å². The third-order valence-electron chi connectivity index (χ3n) is 4.54. The van der Waals surface area contributed by atoms with Gasteiger partial charge in [0.25, 0.3) is 5.91 Å². The number of benzene rings is 1. The average molecular weight is 344 g/mol. The number of likely N-dealkylation sites (tertiary alicyclic amines) is 1. The standard InChI is InChI=1S/C18H24N4O3/c1-17(2,3)25-16(24)22-10-6-9-18(22,4)15-20-12-8-5-7-11(14(19)23)13(12)21-15/h5,7-8H,6,9-10H2,1-4H3,(H2,19,23)(H,20,21)/t18-/m1/s1. The van der Waals surface area contributed by atoms with E-state index in [1.807, 2.05) is 33.8 Å². The summed E-state index contributed by atoms with van der Waals surface area (Å²) in [5.74, 6) is 0.115. The van der Waals surface area contributed by atoms with Crippen molar-refractivity contribution in [2.24, 2.45) is 5.73 Å². The van der Waals surface area contributed by atoms with Gasteiger partial charge in [0.2, 0.25) is 0 Å². The highest BCUT2D eigenvalue weighted by molar-refractivity contribution is 6.04. The number of aromatic amines is 1. The van der Waals surface area contributed by atoms with Crippen molar-refractivity contribution in [2.75, 3.05) is 6.54 Å². The van der Waals surface area contributed by atoms with Crippen molar-refractivity contribution in [3.63, 3.8) is 0 Å². The van der Waals surface area contributed by atoms with Gasteiger partial charge in [-0.25, -0.2) is 9.78 Å². The van der Waals surface area contributed by atoms with Crippen LogP contribution in [-0.4, -0.2) is 39.0 Å². The van der Waals surface area contributed by atoms with Gasteiger partial charge in [0, 0.05) is 6.54 Å². The number of carbonyl (C=O) groups excluding carboxylic acids is 2. The quantitative estimate of drug-likeness (QED) is 0.874. The second-order valence-electron chi connectivity index (χ2n) is 7.66. The lowest BCUT2D eigenvalue weighted by molar-refractivity contribution is 0.00869. The largest absolute Gasteiger partial charge is 0.444 e. The van der Waals surface area contributed by atoms with E-state index in [-0.39, 0.29) is 6.09 Å². The van der Waals surface area contributed by atoms with Crippen LogP contribution in [0.15, 0.2) is 18.2 Å². The molecule has 134 valence electrons. The molecule has 1 saturated heterocycles. The third-order valence-corrected chi connectivity index (χ3v) is 4.54. The molecular formula is C18H24N4O3. The summed E-state index contributed by atoms with van der Waals surface area (Å²) in [6.07, 6.45) is 1.26. The van der Waals surface area contributed by atoms with Gasteiger partial charge in [-0.3, -0.25) is 9.69 Å². The molecule has 2 heterocycles. The summed E-state index contributed by atoms with van der Waals surface area (Å²) in [6.45, 7) is 8.10. The molecule has 1 aromatic carbocycles. The number of nitrogens with two attached hydrogens (primary N) is 1. The van der Waals surface area contributed by atoms with E-state index in [1.165, 1.54) is 0 Å². The van der Waals surface area contributed by atoms with Gasteiger partial charge < -0.3 is 15.5 Å². The first-order valence-electron chi connectivity index (χ1n) is 8.41. The molecule has 0 spiro atoms. The number of para-hydroxylation sites is 1. The minimum absolute atomic E-state index is 0.358. The summed E-state index contributed by atoms with van der Waals surface area (Å²) < 4.78 is 5.55. The van der Waals surface area contributed by atoms with Crippen LogP contribution in [0.3, 0.4) is 0 Å². The van der Waals surface area contributed by atoms with E-state index in [4.69, 9.17) is 10.5 Å². The lowest BCUT2D eigenvalue weighted by Gasteiger charge is -2.34. The second-order valence-corrected chi connectivity index (χ2v) is 7.66. The Kier molecular flexibility index (Phi) is 3.97. The molecule has 3 N–H and O–H groups in total. The number of ether oxygens (including phenoxy) is 1. The van der Waals surface area contributed by atoms with E-state index < -0.39 is 17.0 Å². The third kappa shape index (κ3) is 3.06. The smallest absolute Gasteiger partial charge is 0.411 e. The molecule has 2 aromatic rings. The molecule has 1 aliphatic heterocycles. The van der Waals surface area contributed by atoms with Gasteiger partial charge in [0.05, 0.1) is 11.1 Å². The number of H-pyrrole nitrogens is 1. The van der Waals surface area contributed by atoms with Crippen LogP contribution in [0.25, 0.3) is 11.0 Å². The molecule has 2 amide bonds. The Morgan fingerprint density at radius 3 is 2.72 bits per heavy atom. The topological polar surface area (TPSA) is 101 Å². The Morgan fingerprint density at radius 2 is 2.08 bits per heavy atom. The maximum Gasteiger partial charge on any atom is 0.411 e. The Morgan fingerprint density at radius 1 is 1.36 bits per heavy atom. The van der Waals surface area contributed by atoms with Crippen LogP contribution in [0.2, 0.25) is 0 Å². The highest BCUT2D eigenvalue weighted by atomic mass is 16.6. The number of rotatable bonds is 2. The van der Waals surface area contributed by atoms with Crippen molar-refractivity contribution < 1.29 is 14.3 Å². The highest BCUT2D eigenvalue weighted by Gasteiger charge is 2.45. The van der Waals surface area contributed by atoms with Crippen molar-refractivity contribution in [2.45, 2.75) is 51.7 Å². The molecule has 7 nitrogen and oxygen atoms in total. The molecule has 7 heteroatoms. The molecule has 0 radical (unpaired) electrons. The summed E-state index contributed by atoms with van der Waals surface area (Å²) in [7, 11) is 0. The van der Waals surface area contributed by atoms with E-state index >= 15 is 0 Å². The van der Waals surface area contributed by atoms with Crippen molar-refractivity contribution in [1.29, 1.82) is 0 Å². The normalized spacial score (nSPS) is 20.9. The minimum Gasteiger partial charge on any atom is -0.444 e. The summed E-state index contributed by atoms with van der Waals surface area (Å²) in [6, 6.07) is 5.25. The van der Waals surface area contributed by atoms with Crippen molar-refractivity contribution in [1.82, 2.24) is 14.9 Å². The number of carbonyl (C=O) groups is 2. The predicted octanol–water partition coefficient (Wildman–Crippen LogP) is 2.91. The first kappa shape index (κ1) is 17.3. The van der Waals surface area contributed by atoms with E-state index in [2.05, 4.69) is 9.97 Å². The molecule has 1 aliphatic rings. The van der Waals surface area contributed by atoms with Crippen LogP contribution >= 0.6 is 0 Å². The second kappa shape index (κ2) is 5.75. The number of nitrogens with one attached hydrogen (secondary N) is 1. The Balaban J connectivity index is 2.02. The number of imidazole rings is 1. The molecule has 1 fully saturated rings. The van der Waals surface area contributed by atoms with Crippen molar-refractivity contribution in [3.8, 4) is 0 Å². The van der Waals surface area contributed by atoms with E-state index in [0.29, 0.717) is 23.4 Å². The number of fused-ring (bicyclic) bond motifs is 1. The summed E-state index contributed by atoms with van der Waals surface area (Å²) in [5, 5.41) is 0. The van der Waals surface area contributed by atoms with Gasteiger partial charge in [0.1, 0.15) is 22.5 Å². The van der Waals surface area contributed by atoms with Crippen LogP contribution in [0.4, 0.5) is 4.79 Å². The number of primary amides is 1. The fourth-order valence-electron chi connectivity index (χ4n) is 3.31. The summed E-state index contributed by atoms with van der Waals surface area (Å²) in [5.41, 5.74) is 5.89. The fourth-order valence-corrected chi connectivity index (χ4v) is 3.31. The zero-order valence-electron chi connectivity index (χ0n) is 15.0. The number of nitrogens with zero attached hydrogens (tertiary/aromatic N) is 2. The van der Waals surface area contributed by atoms with Crippen LogP contribution in [-0.2, 0) is 10.3 Å². The number of aromatic nitrogens is 2. The average Bonchev–Trinajstić information content (AvgIpc) is 3.09. The SMILES string of the molecule is CC(C)(C)OC(=O)N1CCC[C@]1(C)c1nc2c(C(N)=O)cccc2[nH]1. The predicted molar refractivity (Wildman–Crippen MR) is 94.1 cm³/mol. The minimum atomic E-state index is -0.615. The Bertz CT molecular complexity index is 836. The van der Waals surface area contributed by atoms with Gasteiger partial charge in [0.15, 0.2) is 0 Å². The van der Waals surface area contributed by atoms with E-state index in [0.717, 1.165) is 18.4 Å². The molecule has 1 atom stereocenters. The maximum absolute atomic E-state index is 12.6. The molecule has 0 unspecified atom stereocenters. The number of hydrogen-bond acceptors (Lipinski definition) is 4. The zero-order chi connectivity index (χ0) is 18.4. The van der Waals surface area contributed by atoms with E-state index in [1.54, 1.807) is 17.0 Å².